The number of methoxy groups -OCH3 is 1. The fourth-order valence-electron chi connectivity index (χ4n) is 1.83. The number of benzene rings is 2. The lowest BCUT2D eigenvalue weighted by atomic mass is 10.2. The highest BCUT2D eigenvalue weighted by Gasteiger charge is 2.15. The minimum Gasteiger partial charge on any atom is -0.495 e. The molecule has 1 amide bonds. The highest BCUT2D eigenvalue weighted by molar-refractivity contribution is 6.33. The van der Waals surface area contributed by atoms with Crippen molar-refractivity contribution in [3.8, 4) is 5.75 Å². The Kier molecular flexibility index (Phi) is 6.00. The molecule has 0 fully saturated rings. The van der Waals surface area contributed by atoms with E-state index in [-0.39, 0.29) is 10.6 Å². The van der Waals surface area contributed by atoms with Crippen LogP contribution in [-0.4, -0.2) is 25.6 Å². The lowest BCUT2D eigenvalue weighted by Gasteiger charge is -2.11. The molecule has 0 radical (unpaired) electrons. The van der Waals surface area contributed by atoms with Crippen LogP contribution in [0.3, 0.4) is 0 Å². The lowest BCUT2D eigenvalue weighted by molar-refractivity contribution is -0.119. The van der Waals surface area contributed by atoms with Crippen molar-refractivity contribution in [1.82, 2.24) is 0 Å². The van der Waals surface area contributed by atoms with Gasteiger partial charge in [0.2, 0.25) is 0 Å². The average molecular weight is 372 g/mol. The molecule has 0 aliphatic rings. The smallest absolute Gasteiger partial charge is 0.340 e. The van der Waals surface area contributed by atoms with E-state index in [1.807, 2.05) is 0 Å². The number of anilines is 1. The quantitative estimate of drug-likeness (QED) is 0.808. The molecular weight excluding hydrogens is 360 g/mol. The van der Waals surface area contributed by atoms with Crippen LogP contribution in [0.2, 0.25) is 10.0 Å². The van der Waals surface area contributed by atoms with E-state index in [9.17, 15) is 14.0 Å². The van der Waals surface area contributed by atoms with Gasteiger partial charge in [0.25, 0.3) is 5.91 Å². The molecule has 2 aromatic rings. The van der Waals surface area contributed by atoms with Gasteiger partial charge in [0, 0.05) is 5.02 Å². The number of hydrogen-bond acceptors (Lipinski definition) is 4. The average Bonchev–Trinajstić information content (AvgIpc) is 2.55. The van der Waals surface area contributed by atoms with Crippen molar-refractivity contribution in [3.63, 3.8) is 0 Å². The fraction of sp³-hybridized carbons (Fsp3) is 0.125. The molecule has 0 aromatic heterocycles. The van der Waals surface area contributed by atoms with Crippen molar-refractivity contribution >= 4 is 40.8 Å². The van der Waals surface area contributed by atoms with Crippen LogP contribution in [0.4, 0.5) is 10.1 Å². The second-order valence-electron chi connectivity index (χ2n) is 4.59. The third-order valence-electron chi connectivity index (χ3n) is 2.92. The first-order chi connectivity index (χ1) is 11.4. The molecule has 0 aliphatic heterocycles. The van der Waals surface area contributed by atoms with E-state index in [1.165, 1.54) is 19.2 Å². The lowest BCUT2D eigenvalue weighted by Crippen LogP contribution is -2.21. The van der Waals surface area contributed by atoms with Crippen LogP contribution in [0.25, 0.3) is 0 Å². The molecule has 0 saturated heterocycles. The Morgan fingerprint density at radius 1 is 1.17 bits per heavy atom. The van der Waals surface area contributed by atoms with Gasteiger partial charge in [-0.25, -0.2) is 9.18 Å². The Hall–Kier alpha value is -2.31. The molecule has 24 heavy (non-hydrogen) atoms. The summed E-state index contributed by atoms with van der Waals surface area (Å²) in [5.74, 6) is -1.77. The van der Waals surface area contributed by atoms with Crippen LogP contribution in [0.5, 0.6) is 5.75 Å². The number of ether oxygens (including phenoxy) is 2. The maximum atomic E-state index is 13.1. The summed E-state index contributed by atoms with van der Waals surface area (Å²) in [5.41, 5.74) is 0.166. The van der Waals surface area contributed by atoms with Crippen LogP contribution < -0.4 is 10.1 Å². The summed E-state index contributed by atoms with van der Waals surface area (Å²) in [6, 6.07) is 7.94. The standard InChI is InChI=1S/C16H12Cl2FNO4/c1-23-14-5-2-9(17)6-13(14)20-15(21)8-24-16(22)11-7-10(19)3-4-12(11)18/h2-7H,8H2,1H3,(H,20,21). The molecule has 2 aromatic carbocycles. The van der Waals surface area contributed by atoms with Gasteiger partial charge in [-0.3, -0.25) is 4.79 Å². The molecule has 0 bridgehead atoms. The van der Waals surface area contributed by atoms with Gasteiger partial charge >= 0.3 is 5.97 Å². The van der Waals surface area contributed by atoms with E-state index < -0.39 is 24.3 Å². The number of hydrogen-bond donors (Lipinski definition) is 1. The number of halogens is 3. The van der Waals surface area contributed by atoms with E-state index in [4.69, 9.17) is 32.7 Å². The topological polar surface area (TPSA) is 64.6 Å². The zero-order chi connectivity index (χ0) is 17.7. The summed E-state index contributed by atoms with van der Waals surface area (Å²) < 4.78 is 23.1. The predicted octanol–water partition coefficient (Wildman–Crippen LogP) is 3.94. The zero-order valence-electron chi connectivity index (χ0n) is 12.4. The van der Waals surface area contributed by atoms with Crippen LogP contribution in [0.1, 0.15) is 10.4 Å². The van der Waals surface area contributed by atoms with Crippen LogP contribution in [-0.2, 0) is 9.53 Å². The van der Waals surface area contributed by atoms with Crippen LogP contribution in [0.15, 0.2) is 36.4 Å². The predicted molar refractivity (Wildman–Crippen MR) is 88.3 cm³/mol. The Morgan fingerprint density at radius 2 is 1.92 bits per heavy atom. The summed E-state index contributed by atoms with van der Waals surface area (Å²) in [5, 5.41) is 2.93. The number of rotatable bonds is 5. The van der Waals surface area contributed by atoms with Gasteiger partial charge in [0.05, 0.1) is 23.4 Å². The number of carbonyl (C=O) groups excluding carboxylic acids is 2. The van der Waals surface area contributed by atoms with Crippen molar-refractivity contribution in [2.75, 3.05) is 19.0 Å². The first kappa shape index (κ1) is 18.0. The molecule has 126 valence electrons. The number of carbonyl (C=O) groups is 2. The Bertz CT molecular complexity index is 783. The fourth-order valence-corrected chi connectivity index (χ4v) is 2.19. The van der Waals surface area contributed by atoms with Gasteiger partial charge in [0.15, 0.2) is 6.61 Å². The molecule has 8 heteroatoms. The first-order valence-electron chi connectivity index (χ1n) is 6.66. The Balaban J connectivity index is 2.00. The molecule has 0 unspecified atom stereocenters. The van der Waals surface area contributed by atoms with E-state index in [2.05, 4.69) is 5.32 Å². The largest absolute Gasteiger partial charge is 0.495 e. The van der Waals surface area contributed by atoms with Gasteiger partial charge in [0.1, 0.15) is 11.6 Å². The zero-order valence-corrected chi connectivity index (χ0v) is 13.9. The van der Waals surface area contributed by atoms with Crippen LogP contribution in [0, 0.1) is 5.82 Å². The summed E-state index contributed by atoms with van der Waals surface area (Å²) in [6.45, 7) is -0.582. The second-order valence-corrected chi connectivity index (χ2v) is 5.44. The number of nitrogens with one attached hydrogen (secondary N) is 1. The summed E-state index contributed by atoms with van der Waals surface area (Å²) >= 11 is 11.6. The molecular formula is C16H12Cl2FNO4. The maximum Gasteiger partial charge on any atom is 0.340 e. The van der Waals surface area contributed by atoms with Gasteiger partial charge in [-0.15, -0.1) is 0 Å². The molecule has 0 spiro atoms. The van der Waals surface area contributed by atoms with Gasteiger partial charge in [-0.05, 0) is 36.4 Å². The summed E-state index contributed by atoms with van der Waals surface area (Å²) in [6.07, 6.45) is 0. The Morgan fingerprint density at radius 3 is 2.62 bits per heavy atom. The minimum atomic E-state index is -0.910. The molecule has 1 N–H and O–H groups in total. The van der Waals surface area contributed by atoms with Crippen molar-refractivity contribution in [3.05, 3.63) is 57.8 Å². The van der Waals surface area contributed by atoms with Crippen molar-refractivity contribution < 1.29 is 23.5 Å². The van der Waals surface area contributed by atoms with Crippen LogP contribution >= 0.6 is 23.2 Å². The monoisotopic (exact) mass is 371 g/mol. The van der Waals surface area contributed by atoms with E-state index in [1.54, 1.807) is 12.1 Å². The molecule has 0 atom stereocenters. The molecule has 5 nitrogen and oxygen atoms in total. The second kappa shape index (κ2) is 7.99. The first-order valence-corrected chi connectivity index (χ1v) is 7.42. The third kappa shape index (κ3) is 4.59. The normalized spacial score (nSPS) is 10.2. The highest BCUT2D eigenvalue weighted by atomic mass is 35.5. The minimum absolute atomic E-state index is 0.0262. The van der Waals surface area contributed by atoms with Gasteiger partial charge in [-0.2, -0.15) is 0 Å². The maximum absolute atomic E-state index is 13.1. The van der Waals surface area contributed by atoms with E-state index in [0.717, 1.165) is 12.1 Å². The highest BCUT2D eigenvalue weighted by Crippen LogP contribution is 2.27. The summed E-state index contributed by atoms with van der Waals surface area (Å²) in [7, 11) is 1.44. The molecule has 0 saturated carbocycles. The van der Waals surface area contributed by atoms with Crippen molar-refractivity contribution in [1.29, 1.82) is 0 Å². The summed E-state index contributed by atoms with van der Waals surface area (Å²) in [4.78, 5) is 23.7. The van der Waals surface area contributed by atoms with Crippen molar-refractivity contribution in [2.24, 2.45) is 0 Å². The number of esters is 1. The van der Waals surface area contributed by atoms with Gasteiger partial charge < -0.3 is 14.8 Å². The van der Waals surface area contributed by atoms with Gasteiger partial charge in [-0.1, -0.05) is 23.2 Å². The molecule has 0 heterocycles. The van der Waals surface area contributed by atoms with E-state index >= 15 is 0 Å². The molecule has 2 rings (SSSR count). The van der Waals surface area contributed by atoms with E-state index in [0.29, 0.717) is 16.5 Å². The van der Waals surface area contributed by atoms with Crippen molar-refractivity contribution in [2.45, 2.75) is 0 Å². The Labute approximate surface area is 147 Å². The molecule has 0 aliphatic carbocycles. The third-order valence-corrected chi connectivity index (χ3v) is 3.48. The number of amides is 1. The SMILES string of the molecule is COc1ccc(Cl)cc1NC(=O)COC(=O)c1cc(F)ccc1Cl.